The maximum Gasteiger partial charge on any atom is 0.241 e. The third-order valence-corrected chi connectivity index (χ3v) is 5.63. The van der Waals surface area contributed by atoms with Gasteiger partial charge in [-0.1, -0.05) is 50.2 Å². The smallest absolute Gasteiger partial charge is 0.241 e. The number of rotatable bonds is 7. The summed E-state index contributed by atoms with van der Waals surface area (Å²) in [6.07, 6.45) is 1.58. The highest BCUT2D eigenvalue weighted by Gasteiger charge is 2.18. The first-order valence-electron chi connectivity index (χ1n) is 8.35. The number of anilines is 1. The van der Waals surface area contributed by atoms with Crippen LogP contribution in [0.25, 0.3) is 0 Å². The van der Waals surface area contributed by atoms with Crippen molar-refractivity contribution in [3.8, 4) is 0 Å². The summed E-state index contributed by atoms with van der Waals surface area (Å²) in [4.78, 5) is 12.5. The van der Waals surface area contributed by atoms with E-state index in [0.29, 0.717) is 5.56 Å². The molecule has 6 heteroatoms. The van der Waals surface area contributed by atoms with E-state index in [-0.39, 0.29) is 17.3 Å². The molecule has 0 aliphatic rings. The molecule has 0 aliphatic carbocycles. The monoisotopic (exact) mass is 360 g/mol. The minimum Gasteiger partial charge on any atom is -0.324 e. The topological polar surface area (TPSA) is 75.3 Å². The molecule has 0 spiro atoms. The van der Waals surface area contributed by atoms with E-state index < -0.39 is 10.0 Å². The molecular formula is C19H24N2O3S. The Hall–Kier alpha value is -2.18. The summed E-state index contributed by atoms with van der Waals surface area (Å²) in [6.45, 7) is 5.45. The van der Waals surface area contributed by atoms with E-state index in [4.69, 9.17) is 0 Å². The minimum absolute atomic E-state index is 0.186. The van der Waals surface area contributed by atoms with Gasteiger partial charge in [0.25, 0.3) is 0 Å². The van der Waals surface area contributed by atoms with Gasteiger partial charge in [-0.05, 0) is 42.5 Å². The molecule has 0 unspecified atom stereocenters. The number of carbonyl (C=O) groups excluding carboxylic acids is 1. The van der Waals surface area contributed by atoms with Crippen molar-refractivity contribution < 1.29 is 13.2 Å². The van der Waals surface area contributed by atoms with E-state index in [1.807, 2.05) is 32.0 Å². The average molecular weight is 360 g/mol. The Morgan fingerprint density at radius 3 is 2.12 bits per heavy atom. The molecule has 0 atom stereocenters. The summed E-state index contributed by atoms with van der Waals surface area (Å²) >= 11 is 0. The first-order valence-corrected chi connectivity index (χ1v) is 9.83. The zero-order valence-electron chi connectivity index (χ0n) is 14.8. The molecule has 134 valence electrons. The van der Waals surface area contributed by atoms with E-state index >= 15 is 0 Å². The van der Waals surface area contributed by atoms with Crippen LogP contribution in [0.5, 0.6) is 0 Å². The highest BCUT2D eigenvalue weighted by Crippen LogP contribution is 2.22. The lowest BCUT2D eigenvalue weighted by molar-refractivity contribution is -0.115. The third-order valence-electron chi connectivity index (χ3n) is 4.07. The van der Waals surface area contributed by atoms with Crippen LogP contribution in [-0.2, 0) is 27.7 Å². The second-order valence-corrected chi connectivity index (χ2v) is 7.53. The summed E-state index contributed by atoms with van der Waals surface area (Å²) in [5.41, 5.74) is 3.50. The number of nitrogens with one attached hydrogen (secondary N) is 2. The Morgan fingerprint density at radius 2 is 1.56 bits per heavy atom. The van der Waals surface area contributed by atoms with E-state index in [0.717, 1.165) is 29.7 Å². The predicted octanol–water partition coefficient (Wildman–Crippen LogP) is 3.04. The van der Waals surface area contributed by atoms with E-state index in [1.165, 1.54) is 6.07 Å². The van der Waals surface area contributed by atoms with Crippen LogP contribution in [0.4, 0.5) is 5.69 Å². The van der Waals surface area contributed by atoms with Crippen molar-refractivity contribution in [1.29, 1.82) is 0 Å². The van der Waals surface area contributed by atoms with Gasteiger partial charge in [-0.2, -0.15) is 0 Å². The third kappa shape index (κ3) is 4.67. The van der Waals surface area contributed by atoms with Gasteiger partial charge in [0, 0.05) is 5.69 Å². The molecule has 1 amide bonds. The van der Waals surface area contributed by atoms with Crippen molar-refractivity contribution in [2.45, 2.75) is 38.5 Å². The fourth-order valence-corrected chi connectivity index (χ4v) is 3.91. The Bertz CT molecular complexity index is 838. The summed E-state index contributed by atoms with van der Waals surface area (Å²) in [5, 5.41) is 2.85. The number of amides is 1. The molecule has 0 radical (unpaired) electrons. The van der Waals surface area contributed by atoms with Crippen LogP contribution < -0.4 is 10.0 Å². The van der Waals surface area contributed by atoms with Gasteiger partial charge in [-0.3, -0.25) is 4.79 Å². The molecule has 0 heterocycles. The molecule has 0 saturated carbocycles. The molecule has 2 aromatic carbocycles. The normalized spacial score (nSPS) is 11.3. The number of benzene rings is 2. The van der Waals surface area contributed by atoms with Gasteiger partial charge >= 0.3 is 0 Å². The molecule has 5 nitrogen and oxygen atoms in total. The summed E-state index contributed by atoms with van der Waals surface area (Å²) in [7, 11) is -3.72. The molecule has 0 fully saturated rings. The first kappa shape index (κ1) is 19.1. The summed E-state index contributed by atoms with van der Waals surface area (Å²) in [6, 6.07) is 12.6. The van der Waals surface area contributed by atoms with Crippen LogP contribution in [0, 0.1) is 6.92 Å². The number of aryl methyl sites for hydroxylation is 3. The standard InChI is InChI=1S/C19H24N2O3S/c1-4-15-10-8-11-16(5-2)19(15)21-18(22)13-20-25(23,24)17-12-7-6-9-14(17)3/h6-12,20H,4-5,13H2,1-3H3,(H,21,22). The van der Waals surface area contributed by atoms with Crippen LogP contribution in [0.2, 0.25) is 0 Å². The van der Waals surface area contributed by atoms with Crippen LogP contribution in [0.15, 0.2) is 47.4 Å². The zero-order chi connectivity index (χ0) is 18.4. The largest absolute Gasteiger partial charge is 0.324 e. The van der Waals surface area contributed by atoms with Gasteiger partial charge in [0.15, 0.2) is 0 Å². The number of carbonyl (C=O) groups is 1. The van der Waals surface area contributed by atoms with Crippen molar-refractivity contribution >= 4 is 21.6 Å². The molecule has 0 aromatic heterocycles. The van der Waals surface area contributed by atoms with Gasteiger partial charge in [-0.15, -0.1) is 0 Å². The highest BCUT2D eigenvalue weighted by molar-refractivity contribution is 7.89. The van der Waals surface area contributed by atoms with Crippen LogP contribution in [0.3, 0.4) is 0 Å². The van der Waals surface area contributed by atoms with E-state index in [9.17, 15) is 13.2 Å². The second-order valence-electron chi connectivity index (χ2n) is 5.80. The fraction of sp³-hybridized carbons (Fsp3) is 0.316. The van der Waals surface area contributed by atoms with Crippen molar-refractivity contribution in [2.75, 3.05) is 11.9 Å². The Morgan fingerprint density at radius 1 is 0.960 bits per heavy atom. The Kier molecular flexibility index (Phi) is 6.33. The number of hydrogen-bond acceptors (Lipinski definition) is 3. The van der Waals surface area contributed by atoms with Crippen LogP contribution in [-0.4, -0.2) is 20.9 Å². The van der Waals surface area contributed by atoms with Crippen LogP contribution in [0.1, 0.15) is 30.5 Å². The van der Waals surface area contributed by atoms with Gasteiger partial charge < -0.3 is 5.32 Å². The minimum atomic E-state index is -3.72. The van der Waals surface area contributed by atoms with Crippen molar-refractivity contribution in [2.24, 2.45) is 0 Å². The fourth-order valence-electron chi connectivity index (χ4n) is 2.68. The molecule has 2 N–H and O–H groups in total. The van der Waals surface area contributed by atoms with E-state index in [2.05, 4.69) is 10.0 Å². The molecule has 0 aliphatic heterocycles. The lowest BCUT2D eigenvalue weighted by Gasteiger charge is -2.15. The molecule has 0 bridgehead atoms. The predicted molar refractivity (Wildman–Crippen MR) is 100 cm³/mol. The van der Waals surface area contributed by atoms with Crippen molar-refractivity contribution in [3.05, 3.63) is 59.2 Å². The number of para-hydroxylation sites is 1. The second kappa shape index (κ2) is 8.27. The lowest BCUT2D eigenvalue weighted by Crippen LogP contribution is -2.33. The SMILES string of the molecule is CCc1cccc(CC)c1NC(=O)CNS(=O)(=O)c1ccccc1C. The van der Waals surface area contributed by atoms with E-state index in [1.54, 1.807) is 25.1 Å². The average Bonchev–Trinajstić information content (AvgIpc) is 2.60. The molecular weight excluding hydrogens is 336 g/mol. The molecule has 25 heavy (non-hydrogen) atoms. The maximum absolute atomic E-state index is 12.4. The first-order chi connectivity index (χ1) is 11.9. The summed E-state index contributed by atoms with van der Waals surface area (Å²) < 4.78 is 27.1. The molecule has 2 aromatic rings. The van der Waals surface area contributed by atoms with Gasteiger partial charge in [-0.25, -0.2) is 13.1 Å². The van der Waals surface area contributed by atoms with Gasteiger partial charge in [0.2, 0.25) is 15.9 Å². The Balaban J connectivity index is 2.11. The van der Waals surface area contributed by atoms with Gasteiger partial charge in [0.1, 0.15) is 0 Å². The Labute approximate surface area is 149 Å². The molecule has 2 rings (SSSR count). The number of sulfonamides is 1. The summed E-state index contributed by atoms with van der Waals surface area (Å²) in [5.74, 6) is -0.382. The van der Waals surface area contributed by atoms with Gasteiger partial charge in [0.05, 0.1) is 11.4 Å². The highest BCUT2D eigenvalue weighted by atomic mass is 32.2. The lowest BCUT2D eigenvalue weighted by atomic mass is 10.0. The maximum atomic E-state index is 12.4. The molecule has 0 saturated heterocycles. The zero-order valence-corrected chi connectivity index (χ0v) is 15.6. The van der Waals surface area contributed by atoms with Crippen molar-refractivity contribution in [1.82, 2.24) is 4.72 Å². The van der Waals surface area contributed by atoms with Crippen LogP contribution >= 0.6 is 0 Å². The van der Waals surface area contributed by atoms with Crippen molar-refractivity contribution in [3.63, 3.8) is 0 Å². The number of hydrogen-bond donors (Lipinski definition) is 2. The quantitative estimate of drug-likeness (QED) is 0.797.